The molecular weight excluding hydrogens is 395 g/mol. The third-order valence-corrected chi connectivity index (χ3v) is 4.76. The quantitative estimate of drug-likeness (QED) is 0.236. The molecule has 0 aliphatic heterocycles. The lowest BCUT2D eigenvalue weighted by atomic mass is 9.96. The van der Waals surface area contributed by atoms with Crippen LogP contribution in [0.4, 0.5) is 22.0 Å². The van der Waals surface area contributed by atoms with Gasteiger partial charge in [0.05, 0.1) is 0 Å². The highest BCUT2D eigenvalue weighted by molar-refractivity contribution is 7.86. The molecule has 0 bridgehead atoms. The summed E-state index contributed by atoms with van der Waals surface area (Å²) in [6.45, 7) is 0. The number of halogens is 5. The second kappa shape index (κ2) is 6.39. The maximum Gasteiger partial charge on any atom is 0.295 e. The van der Waals surface area contributed by atoms with E-state index < -0.39 is 61.0 Å². The molecule has 27 heavy (non-hydrogen) atoms. The van der Waals surface area contributed by atoms with Crippen molar-refractivity contribution in [3.05, 3.63) is 76.6 Å². The van der Waals surface area contributed by atoms with Crippen LogP contribution in [0.1, 0.15) is 15.9 Å². The minimum atomic E-state index is -4.70. The average Bonchev–Trinajstić information content (AvgIpc) is 2.63. The zero-order valence-corrected chi connectivity index (χ0v) is 13.8. The lowest BCUT2D eigenvalue weighted by Gasteiger charge is -2.11. The van der Waals surface area contributed by atoms with E-state index in [4.69, 9.17) is 0 Å². The number of carbonyl (C=O) groups excluding carboxylic acids is 1. The molecule has 0 spiro atoms. The highest BCUT2D eigenvalue weighted by Gasteiger charge is 2.31. The minimum absolute atomic E-state index is 0.165. The Morgan fingerprint density at radius 1 is 0.741 bits per heavy atom. The molecule has 3 aromatic rings. The predicted octanol–water partition coefficient (Wildman–Crippen LogP) is 4.01. The van der Waals surface area contributed by atoms with Crippen LogP contribution in [0.2, 0.25) is 0 Å². The topological polar surface area (TPSA) is 71.4 Å². The van der Waals surface area contributed by atoms with E-state index >= 15 is 0 Å². The number of benzene rings is 3. The van der Waals surface area contributed by atoms with Crippen molar-refractivity contribution in [2.75, 3.05) is 0 Å². The average molecular weight is 402 g/mol. The van der Waals surface area contributed by atoms with E-state index in [2.05, 4.69) is 0 Å². The van der Waals surface area contributed by atoms with Crippen molar-refractivity contribution in [1.82, 2.24) is 0 Å². The summed E-state index contributed by atoms with van der Waals surface area (Å²) in [4.78, 5) is 11.9. The molecule has 0 aliphatic rings. The van der Waals surface area contributed by atoms with Crippen molar-refractivity contribution in [2.45, 2.75) is 4.90 Å². The molecule has 140 valence electrons. The molecule has 1 N–H and O–H groups in total. The van der Waals surface area contributed by atoms with Crippen LogP contribution in [0.15, 0.2) is 41.3 Å². The van der Waals surface area contributed by atoms with Crippen LogP contribution in [0.25, 0.3) is 10.8 Å². The molecule has 4 nitrogen and oxygen atoms in total. The van der Waals surface area contributed by atoms with E-state index in [1.165, 1.54) is 24.3 Å². The Morgan fingerprint density at radius 2 is 1.22 bits per heavy atom. The van der Waals surface area contributed by atoms with Gasteiger partial charge in [-0.2, -0.15) is 8.42 Å². The first kappa shape index (κ1) is 18.9. The fourth-order valence-corrected chi connectivity index (χ4v) is 3.33. The van der Waals surface area contributed by atoms with Gasteiger partial charge >= 0.3 is 0 Å². The standard InChI is InChI=1S/C17H7F5O4S/c18-12-11(13(19)15(21)16(22)14(12)20)17(23)9-5-6-10(27(24,25)26)8-4-2-1-3-7(8)9/h1-6H,(H,24,25,26). The van der Waals surface area contributed by atoms with Crippen LogP contribution in [-0.4, -0.2) is 18.8 Å². The van der Waals surface area contributed by atoms with Crippen LogP contribution in [-0.2, 0) is 10.1 Å². The second-order valence-corrected chi connectivity index (χ2v) is 6.80. The van der Waals surface area contributed by atoms with E-state index in [1.54, 1.807) is 0 Å². The monoisotopic (exact) mass is 402 g/mol. The molecule has 3 aromatic carbocycles. The highest BCUT2D eigenvalue weighted by atomic mass is 32.2. The Hall–Kier alpha value is -2.85. The van der Waals surface area contributed by atoms with Gasteiger partial charge in [-0.3, -0.25) is 9.35 Å². The molecule has 0 atom stereocenters. The van der Waals surface area contributed by atoms with Gasteiger partial charge < -0.3 is 0 Å². The molecule has 0 radical (unpaired) electrons. The van der Waals surface area contributed by atoms with Gasteiger partial charge in [0.2, 0.25) is 5.82 Å². The van der Waals surface area contributed by atoms with Crippen LogP contribution in [0, 0.1) is 29.1 Å². The summed E-state index contributed by atoms with van der Waals surface area (Å²) in [5.74, 6) is -13.1. The third-order valence-electron chi connectivity index (χ3n) is 3.84. The summed E-state index contributed by atoms with van der Waals surface area (Å²) in [5, 5.41) is -0.337. The van der Waals surface area contributed by atoms with Gasteiger partial charge in [0.15, 0.2) is 29.1 Å². The SMILES string of the molecule is O=C(c1c(F)c(F)c(F)c(F)c1F)c1ccc(S(=O)(=O)O)c2ccccc12. The van der Waals surface area contributed by atoms with Crippen LogP contribution >= 0.6 is 0 Å². The summed E-state index contributed by atoms with van der Waals surface area (Å²) < 4.78 is 99.9. The van der Waals surface area contributed by atoms with Crippen molar-refractivity contribution in [3.8, 4) is 0 Å². The number of fused-ring (bicyclic) bond motifs is 1. The van der Waals surface area contributed by atoms with Gasteiger partial charge in [-0.25, -0.2) is 22.0 Å². The summed E-state index contributed by atoms with van der Waals surface area (Å²) in [6.07, 6.45) is 0. The van der Waals surface area contributed by atoms with Crippen molar-refractivity contribution >= 4 is 26.7 Å². The van der Waals surface area contributed by atoms with Gasteiger partial charge in [-0.1, -0.05) is 24.3 Å². The number of carbonyl (C=O) groups is 1. The normalized spacial score (nSPS) is 11.8. The second-order valence-electron chi connectivity index (χ2n) is 5.41. The molecule has 0 saturated heterocycles. The van der Waals surface area contributed by atoms with Gasteiger partial charge in [0.1, 0.15) is 10.5 Å². The van der Waals surface area contributed by atoms with E-state index in [0.717, 1.165) is 12.1 Å². The van der Waals surface area contributed by atoms with Crippen molar-refractivity contribution in [1.29, 1.82) is 0 Å². The maximum absolute atomic E-state index is 13.9. The molecule has 0 unspecified atom stereocenters. The van der Waals surface area contributed by atoms with E-state index in [0.29, 0.717) is 0 Å². The number of rotatable bonds is 3. The van der Waals surface area contributed by atoms with Gasteiger partial charge in [-0.15, -0.1) is 0 Å². The fourth-order valence-electron chi connectivity index (χ4n) is 2.63. The van der Waals surface area contributed by atoms with Crippen LogP contribution in [0.5, 0.6) is 0 Å². The van der Waals surface area contributed by atoms with Crippen molar-refractivity contribution < 1.29 is 39.7 Å². The molecule has 0 saturated carbocycles. The molecule has 0 aliphatic carbocycles. The maximum atomic E-state index is 13.9. The Balaban J connectivity index is 2.35. The van der Waals surface area contributed by atoms with Crippen molar-refractivity contribution in [3.63, 3.8) is 0 Å². The smallest absolute Gasteiger partial charge is 0.288 e. The van der Waals surface area contributed by atoms with E-state index in [1.807, 2.05) is 0 Å². The number of hydrogen-bond donors (Lipinski definition) is 1. The van der Waals surface area contributed by atoms with Gasteiger partial charge in [-0.05, 0) is 17.5 Å². The molecule has 0 amide bonds. The largest absolute Gasteiger partial charge is 0.295 e. The Labute approximate surface area is 148 Å². The van der Waals surface area contributed by atoms with Crippen molar-refractivity contribution in [2.24, 2.45) is 0 Å². The molecule has 3 rings (SSSR count). The molecule has 0 heterocycles. The first-order valence-corrected chi connectivity index (χ1v) is 8.55. The highest BCUT2D eigenvalue weighted by Crippen LogP contribution is 2.30. The summed E-state index contributed by atoms with van der Waals surface area (Å²) in [5.41, 5.74) is -2.18. The lowest BCUT2D eigenvalue weighted by Crippen LogP contribution is -2.14. The summed E-state index contributed by atoms with van der Waals surface area (Å²) in [7, 11) is -4.70. The van der Waals surface area contributed by atoms with E-state index in [9.17, 15) is 39.7 Å². The third kappa shape index (κ3) is 2.96. The number of ketones is 1. The molecule has 0 fully saturated rings. The van der Waals surface area contributed by atoms with Crippen LogP contribution in [0.3, 0.4) is 0 Å². The minimum Gasteiger partial charge on any atom is -0.288 e. The Kier molecular flexibility index (Phi) is 4.48. The number of hydrogen-bond acceptors (Lipinski definition) is 3. The first-order valence-electron chi connectivity index (χ1n) is 7.11. The molecule has 0 aromatic heterocycles. The first-order chi connectivity index (χ1) is 12.6. The molecular formula is C17H7F5O4S. The zero-order valence-electron chi connectivity index (χ0n) is 12.9. The fraction of sp³-hybridized carbons (Fsp3) is 0. The van der Waals surface area contributed by atoms with Gasteiger partial charge in [0.25, 0.3) is 10.1 Å². The zero-order chi connectivity index (χ0) is 20.1. The van der Waals surface area contributed by atoms with E-state index in [-0.39, 0.29) is 10.8 Å². The lowest BCUT2D eigenvalue weighted by molar-refractivity contribution is 0.102. The Morgan fingerprint density at radius 3 is 1.74 bits per heavy atom. The molecule has 10 heteroatoms. The van der Waals surface area contributed by atoms with Crippen LogP contribution < -0.4 is 0 Å². The Bertz CT molecular complexity index is 1190. The summed E-state index contributed by atoms with van der Waals surface area (Å²) in [6, 6.07) is 6.72. The summed E-state index contributed by atoms with van der Waals surface area (Å²) >= 11 is 0. The van der Waals surface area contributed by atoms with Gasteiger partial charge in [0, 0.05) is 10.9 Å². The predicted molar refractivity (Wildman–Crippen MR) is 83.4 cm³/mol.